The molecule has 7 heteroatoms. The van der Waals surface area contributed by atoms with E-state index in [-0.39, 0.29) is 10.0 Å². The molecule has 0 saturated carbocycles. The fourth-order valence-corrected chi connectivity index (χ4v) is 2.23. The van der Waals surface area contributed by atoms with E-state index in [0.717, 1.165) is 26.2 Å². The van der Waals surface area contributed by atoms with Gasteiger partial charge in [-0.2, -0.15) is 13.2 Å². The first-order valence-electron chi connectivity index (χ1n) is 4.74. The monoisotopic (exact) mass is 300 g/mol. The maximum absolute atomic E-state index is 13.1. The Morgan fingerprint density at radius 1 is 1.17 bits per heavy atom. The molecule has 0 aliphatic rings. The molecule has 1 atom stereocenters. The third-order valence-electron chi connectivity index (χ3n) is 2.47. The predicted octanol–water partition coefficient (Wildman–Crippen LogP) is 3.99. The summed E-state index contributed by atoms with van der Waals surface area (Å²) in [5.41, 5.74) is -3.50. The molecule has 0 amide bonds. The van der Waals surface area contributed by atoms with Crippen LogP contribution in [0.1, 0.15) is 12.5 Å². The van der Waals surface area contributed by atoms with E-state index >= 15 is 0 Å². The number of ether oxygens (including phenoxy) is 1. The standard InChI is InChI=1S/C11H9Cl2F3O2/c1-6(17)10(18-2,11(14,15)16)7-3-8(12)5-9(13)4-7/h3-5H,1-2H3. The third-order valence-corrected chi connectivity index (χ3v) is 2.91. The lowest BCUT2D eigenvalue weighted by Gasteiger charge is -2.32. The molecule has 1 aromatic carbocycles. The van der Waals surface area contributed by atoms with Crippen molar-refractivity contribution in [3.05, 3.63) is 33.8 Å². The molecule has 0 aromatic heterocycles. The lowest BCUT2D eigenvalue weighted by Crippen LogP contribution is -2.49. The molecule has 1 aromatic rings. The second-order valence-corrected chi connectivity index (χ2v) is 4.47. The van der Waals surface area contributed by atoms with Crippen LogP contribution in [0.2, 0.25) is 10.0 Å². The van der Waals surface area contributed by atoms with Crippen LogP contribution in [0.3, 0.4) is 0 Å². The summed E-state index contributed by atoms with van der Waals surface area (Å²) < 4.78 is 43.9. The molecule has 0 aliphatic heterocycles. The van der Waals surface area contributed by atoms with Gasteiger partial charge >= 0.3 is 6.18 Å². The quantitative estimate of drug-likeness (QED) is 0.844. The molecule has 1 rings (SSSR count). The molecule has 0 heterocycles. The van der Waals surface area contributed by atoms with Crippen LogP contribution in [0.25, 0.3) is 0 Å². The van der Waals surface area contributed by atoms with Crippen molar-refractivity contribution in [1.82, 2.24) is 0 Å². The lowest BCUT2D eigenvalue weighted by atomic mass is 9.89. The van der Waals surface area contributed by atoms with Gasteiger partial charge in [-0.25, -0.2) is 0 Å². The number of carbonyl (C=O) groups is 1. The van der Waals surface area contributed by atoms with Crippen LogP contribution in [0, 0.1) is 0 Å². The summed E-state index contributed by atoms with van der Waals surface area (Å²) >= 11 is 11.3. The van der Waals surface area contributed by atoms with Gasteiger partial charge in [0.05, 0.1) is 0 Å². The number of benzene rings is 1. The molecule has 2 nitrogen and oxygen atoms in total. The molecule has 0 spiro atoms. The molecule has 18 heavy (non-hydrogen) atoms. The first kappa shape index (κ1) is 15.3. The van der Waals surface area contributed by atoms with Crippen LogP contribution in [0.15, 0.2) is 18.2 Å². The summed E-state index contributed by atoms with van der Waals surface area (Å²) in [6.07, 6.45) is -4.92. The number of hydrogen-bond acceptors (Lipinski definition) is 2. The van der Waals surface area contributed by atoms with Crippen LogP contribution in [0.4, 0.5) is 13.2 Å². The summed E-state index contributed by atoms with van der Waals surface area (Å²) in [5.74, 6) is -1.20. The highest BCUT2D eigenvalue weighted by atomic mass is 35.5. The van der Waals surface area contributed by atoms with Gasteiger partial charge in [0.1, 0.15) is 0 Å². The lowest BCUT2D eigenvalue weighted by molar-refractivity contribution is -0.263. The van der Waals surface area contributed by atoms with Crippen LogP contribution in [-0.2, 0) is 15.1 Å². The Morgan fingerprint density at radius 3 is 1.89 bits per heavy atom. The minimum Gasteiger partial charge on any atom is -0.358 e. The van der Waals surface area contributed by atoms with E-state index in [1.165, 1.54) is 6.07 Å². The van der Waals surface area contributed by atoms with Gasteiger partial charge in [0.15, 0.2) is 5.78 Å². The van der Waals surface area contributed by atoms with E-state index in [2.05, 4.69) is 4.74 Å². The largest absolute Gasteiger partial charge is 0.428 e. The van der Waals surface area contributed by atoms with E-state index in [1.807, 2.05) is 0 Å². The topological polar surface area (TPSA) is 26.3 Å². The van der Waals surface area contributed by atoms with Gasteiger partial charge in [-0.15, -0.1) is 0 Å². The highest BCUT2D eigenvalue weighted by molar-refractivity contribution is 6.34. The number of halogens is 5. The number of Topliss-reactive ketones (excluding diaryl/α,β-unsaturated/α-hetero) is 1. The summed E-state index contributed by atoms with van der Waals surface area (Å²) in [5, 5.41) is -0.0196. The molecular formula is C11H9Cl2F3O2. The summed E-state index contributed by atoms with van der Waals surface area (Å²) in [7, 11) is 0.809. The Balaban J connectivity index is 3.58. The van der Waals surface area contributed by atoms with Crippen molar-refractivity contribution in [2.75, 3.05) is 7.11 Å². The minimum absolute atomic E-state index is 0.00979. The normalized spacial score (nSPS) is 15.3. The Bertz CT molecular complexity index is 454. The van der Waals surface area contributed by atoms with Crippen molar-refractivity contribution in [2.45, 2.75) is 18.7 Å². The number of rotatable bonds is 3. The Hall–Kier alpha value is -0.780. The molecule has 0 saturated heterocycles. The summed E-state index contributed by atoms with van der Waals surface area (Å²) in [4.78, 5) is 11.4. The smallest absolute Gasteiger partial charge is 0.358 e. The van der Waals surface area contributed by atoms with Crippen molar-refractivity contribution in [1.29, 1.82) is 0 Å². The predicted molar refractivity (Wildman–Crippen MR) is 61.9 cm³/mol. The van der Waals surface area contributed by atoms with Gasteiger partial charge in [-0.05, 0) is 25.1 Å². The fraction of sp³-hybridized carbons (Fsp3) is 0.364. The molecule has 100 valence electrons. The maximum atomic E-state index is 13.1. The molecule has 0 N–H and O–H groups in total. The maximum Gasteiger partial charge on any atom is 0.428 e. The van der Waals surface area contributed by atoms with Crippen LogP contribution in [-0.4, -0.2) is 19.1 Å². The zero-order valence-corrected chi connectivity index (χ0v) is 11.0. The SMILES string of the molecule is COC(C(C)=O)(c1cc(Cl)cc(Cl)c1)C(F)(F)F. The summed E-state index contributed by atoms with van der Waals surface area (Å²) in [6, 6.07) is 3.28. The number of ketones is 1. The molecular weight excluding hydrogens is 292 g/mol. The second kappa shape index (κ2) is 5.07. The average molecular weight is 301 g/mol. The van der Waals surface area contributed by atoms with Gasteiger partial charge in [-0.1, -0.05) is 23.2 Å². The minimum atomic E-state index is -4.92. The highest BCUT2D eigenvalue weighted by Crippen LogP contribution is 2.44. The van der Waals surface area contributed by atoms with Crippen molar-refractivity contribution in [2.24, 2.45) is 0 Å². The third kappa shape index (κ3) is 2.48. The average Bonchev–Trinajstić information content (AvgIpc) is 2.14. The van der Waals surface area contributed by atoms with Gasteiger partial charge < -0.3 is 4.74 Å². The van der Waals surface area contributed by atoms with Gasteiger partial charge in [-0.3, -0.25) is 4.79 Å². The van der Waals surface area contributed by atoms with E-state index in [0.29, 0.717) is 0 Å². The van der Waals surface area contributed by atoms with Gasteiger partial charge in [0.25, 0.3) is 0 Å². The Kier molecular flexibility index (Phi) is 4.30. The van der Waals surface area contributed by atoms with Crippen molar-refractivity contribution < 1.29 is 22.7 Å². The molecule has 1 unspecified atom stereocenters. The number of carbonyl (C=O) groups excluding carboxylic acids is 1. The van der Waals surface area contributed by atoms with Gasteiger partial charge in [0, 0.05) is 22.7 Å². The van der Waals surface area contributed by atoms with Crippen molar-refractivity contribution in [3.63, 3.8) is 0 Å². The highest BCUT2D eigenvalue weighted by Gasteiger charge is 2.60. The van der Waals surface area contributed by atoms with E-state index in [4.69, 9.17) is 23.2 Å². The zero-order valence-electron chi connectivity index (χ0n) is 9.44. The number of hydrogen-bond donors (Lipinski definition) is 0. The van der Waals surface area contributed by atoms with E-state index in [9.17, 15) is 18.0 Å². The number of methoxy groups -OCH3 is 1. The summed E-state index contributed by atoms with van der Waals surface area (Å²) in [6.45, 7) is 0.797. The molecule has 0 aliphatic carbocycles. The Morgan fingerprint density at radius 2 is 1.61 bits per heavy atom. The zero-order chi connectivity index (χ0) is 14.1. The fourth-order valence-electron chi connectivity index (χ4n) is 1.70. The Labute approximate surface area is 112 Å². The van der Waals surface area contributed by atoms with Crippen molar-refractivity contribution >= 4 is 29.0 Å². The second-order valence-electron chi connectivity index (χ2n) is 3.60. The van der Waals surface area contributed by atoms with Crippen LogP contribution >= 0.6 is 23.2 Å². The first-order valence-corrected chi connectivity index (χ1v) is 5.50. The van der Waals surface area contributed by atoms with Crippen LogP contribution in [0.5, 0.6) is 0 Å². The van der Waals surface area contributed by atoms with Crippen LogP contribution < -0.4 is 0 Å². The first-order chi connectivity index (χ1) is 8.15. The van der Waals surface area contributed by atoms with Gasteiger partial charge in [0.2, 0.25) is 5.60 Å². The number of alkyl halides is 3. The molecule has 0 fully saturated rings. The molecule has 0 bridgehead atoms. The van der Waals surface area contributed by atoms with Crippen molar-refractivity contribution in [3.8, 4) is 0 Å². The van der Waals surface area contributed by atoms with E-state index < -0.39 is 23.1 Å². The van der Waals surface area contributed by atoms with E-state index in [1.54, 1.807) is 0 Å². The molecule has 0 radical (unpaired) electrons.